The van der Waals surface area contributed by atoms with E-state index in [2.05, 4.69) is 30.3 Å². The normalized spacial score (nSPS) is 14.6. The van der Waals surface area contributed by atoms with Crippen LogP contribution in [0.2, 0.25) is 0 Å². The van der Waals surface area contributed by atoms with Gasteiger partial charge in [0.25, 0.3) is 0 Å². The van der Waals surface area contributed by atoms with Gasteiger partial charge in [0, 0.05) is 33.8 Å². The molecule has 0 unspecified atom stereocenters. The van der Waals surface area contributed by atoms with Crippen LogP contribution in [0.25, 0.3) is 0 Å². The quantitative estimate of drug-likeness (QED) is 0.270. The van der Waals surface area contributed by atoms with Crippen LogP contribution in [0.3, 0.4) is 0 Å². The first-order valence-electron chi connectivity index (χ1n) is 12.8. The predicted octanol–water partition coefficient (Wildman–Crippen LogP) is 7.40. The fourth-order valence-electron chi connectivity index (χ4n) is 4.81. The molecule has 4 aromatic carbocycles. The van der Waals surface area contributed by atoms with E-state index in [0.29, 0.717) is 24.2 Å². The van der Waals surface area contributed by atoms with Gasteiger partial charge < -0.3 is 0 Å². The molecular weight excluding hydrogens is 512 g/mol. The highest BCUT2D eigenvalue weighted by Gasteiger charge is 2.23. The van der Waals surface area contributed by atoms with Crippen molar-refractivity contribution in [2.45, 2.75) is 58.1 Å². The molecule has 38 heavy (non-hydrogen) atoms. The maximum absolute atomic E-state index is 12.5. The summed E-state index contributed by atoms with van der Waals surface area (Å²) in [5.41, 5.74) is 3.66. The Balaban J connectivity index is 0.000000156. The third-order valence-electron chi connectivity index (χ3n) is 6.81. The van der Waals surface area contributed by atoms with Crippen molar-refractivity contribution < 1.29 is 18.0 Å². The molecule has 0 fully saturated rings. The Morgan fingerprint density at radius 3 is 1.71 bits per heavy atom. The third-order valence-corrected chi connectivity index (χ3v) is 9.57. The topological polar surface area (TPSA) is 68.3 Å². The number of carbonyl (C=O) groups excluding carboxylic acids is 2. The van der Waals surface area contributed by atoms with E-state index in [-0.39, 0.29) is 15.6 Å². The molecule has 0 atom stereocenters. The van der Waals surface area contributed by atoms with Gasteiger partial charge in [-0.3, -0.25) is 9.59 Å². The van der Waals surface area contributed by atoms with Crippen LogP contribution in [0.15, 0.2) is 117 Å². The summed E-state index contributed by atoms with van der Waals surface area (Å²) in [7, 11) is -3.55. The fraction of sp³-hybridized carbons (Fsp3) is 0.188. The molecule has 4 nitrogen and oxygen atoms in total. The summed E-state index contributed by atoms with van der Waals surface area (Å²) < 4.78 is 25.0. The van der Waals surface area contributed by atoms with E-state index in [4.69, 9.17) is 0 Å². The number of sulfone groups is 1. The van der Waals surface area contributed by atoms with Crippen molar-refractivity contribution in [3.05, 3.63) is 119 Å². The Bertz CT molecular complexity index is 1580. The third kappa shape index (κ3) is 5.82. The van der Waals surface area contributed by atoms with Gasteiger partial charge in [0.1, 0.15) is 0 Å². The molecule has 0 saturated heterocycles. The van der Waals surface area contributed by atoms with E-state index in [1.807, 2.05) is 18.2 Å². The molecule has 2 aliphatic rings. The minimum atomic E-state index is -3.55. The lowest BCUT2D eigenvalue weighted by Gasteiger charge is -2.15. The fourth-order valence-corrected chi connectivity index (χ4v) is 6.99. The van der Waals surface area contributed by atoms with Crippen LogP contribution >= 0.6 is 11.8 Å². The van der Waals surface area contributed by atoms with Crippen molar-refractivity contribution in [1.82, 2.24) is 0 Å². The van der Waals surface area contributed by atoms with Gasteiger partial charge in [0.05, 0.1) is 9.79 Å². The summed E-state index contributed by atoms with van der Waals surface area (Å²) in [6, 6.07) is 29.7. The standard InChI is InChI=1S/C16H14O3S.C16H14OS/c17-16-8-4-5-12-9-10-14(11-15(12)16)20(18,19)13-6-2-1-3-7-13;17-16-8-4-5-12-9-10-14(11-15(12)16)18-13-6-2-1-3-7-13/h1-3,6-7,9-11H,4-5,8H2;1-3,6-7,9-11H,4-5,8H2. The van der Waals surface area contributed by atoms with Gasteiger partial charge in [-0.15, -0.1) is 0 Å². The highest BCUT2D eigenvalue weighted by molar-refractivity contribution is 7.99. The summed E-state index contributed by atoms with van der Waals surface area (Å²) >= 11 is 1.71. The smallest absolute Gasteiger partial charge is 0.206 e. The van der Waals surface area contributed by atoms with E-state index in [1.165, 1.54) is 16.5 Å². The van der Waals surface area contributed by atoms with Crippen molar-refractivity contribution in [3.63, 3.8) is 0 Å². The zero-order valence-electron chi connectivity index (χ0n) is 20.9. The highest BCUT2D eigenvalue weighted by atomic mass is 32.2. The summed E-state index contributed by atoms with van der Waals surface area (Å²) in [6.45, 7) is 0. The van der Waals surface area contributed by atoms with Gasteiger partial charge in [-0.1, -0.05) is 60.3 Å². The van der Waals surface area contributed by atoms with E-state index >= 15 is 0 Å². The molecule has 192 valence electrons. The predicted molar refractivity (Wildman–Crippen MR) is 150 cm³/mol. The molecule has 0 radical (unpaired) electrons. The van der Waals surface area contributed by atoms with Crippen molar-refractivity contribution in [1.29, 1.82) is 0 Å². The minimum Gasteiger partial charge on any atom is -0.294 e. The monoisotopic (exact) mass is 540 g/mol. The molecule has 0 bridgehead atoms. The van der Waals surface area contributed by atoms with Crippen LogP contribution in [0.5, 0.6) is 0 Å². The van der Waals surface area contributed by atoms with Crippen molar-refractivity contribution in [2.75, 3.05) is 0 Å². The van der Waals surface area contributed by atoms with Gasteiger partial charge in [0.15, 0.2) is 11.6 Å². The van der Waals surface area contributed by atoms with Gasteiger partial charge >= 0.3 is 0 Å². The van der Waals surface area contributed by atoms with Crippen LogP contribution < -0.4 is 0 Å². The number of benzene rings is 4. The zero-order valence-corrected chi connectivity index (χ0v) is 22.6. The molecule has 0 amide bonds. The number of carbonyl (C=O) groups is 2. The van der Waals surface area contributed by atoms with E-state index in [1.54, 1.807) is 54.2 Å². The molecule has 0 saturated carbocycles. The molecular formula is C32H28O4S2. The average Bonchev–Trinajstić information content (AvgIpc) is 2.95. The lowest BCUT2D eigenvalue weighted by Crippen LogP contribution is -2.12. The largest absolute Gasteiger partial charge is 0.294 e. The minimum absolute atomic E-state index is 0.0383. The molecule has 0 aliphatic heterocycles. The second-order valence-corrected chi connectivity index (χ2v) is 12.5. The number of rotatable bonds is 4. The van der Waals surface area contributed by atoms with Crippen LogP contribution in [-0.4, -0.2) is 20.0 Å². The first-order chi connectivity index (χ1) is 18.4. The van der Waals surface area contributed by atoms with Crippen LogP contribution in [0, 0.1) is 0 Å². The highest BCUT2D eigenvalue weighted by Crippen LogP contribution is 2.31. The summed E-state index contributed by atoms with van der Waals surface area (Å²) in [4.78, 5) is 26.6. The Morgan fingerprint density at radius 2 is 1.08 bits per heavy atom. The maximum Gasteiger partial charge on any atom is 0.206 e. The van der Waals surface area contributed by atoms with Crippen molar-refractivity contribution in [2.24, 2.45) is 0 Å². The number of fused-ring (bicyclic) bond motifs is 2. The maximum atomic E-state index is 12.5. The van der Waals surface area contributed by atoms with Gasteiger partial charge in [0.2, 0.25) is 9.84 Å². The summed E-state index contributed by atoms with van der Waals surface area (Å²) in [6.07, 6.45) is 4.92. The molecule has 0 N–H and O–H groups in total. The second kappa shape index (κ2) is 11.5. The molecule has 6 heteroatoms. The molecule has 2 aliphatic carbocycles. The molecule has 0 aromatic heterocycles. The van der Waals surface area contributed by atoms with E-state index in [9.17, 15) is 18.0 Å². The second-order valence-electron chi connectivity index (χ2n) is 9.42. The molecule has 4 aromatic rings. The average molecular weight is 541 g/mol. The van der Waals surface area contributed by atoms with E-state index in [0.717, 1.165) is 41.7 Å². The van der Waals surface area contributed by atoms with E-state index < -0.39 is 9.84 Å². The summed E-state index contributed by atoms with van der Waals surface area (Å²) in [5.74, 6) is 0.336. The Kier molecular flexibility index (Phi) is 7.91. The zero-order chi connectivity index (χ0) is 26.5. The van der Waals surface area contributed by atoms with Crippen molar-refractivity contribution >= 4 is 33.2 Å². The lowest BCUT2D eigenvalue weighted by atomic mass is 9.91. The number of hydrogen-bond acceptors (Lipinski definition) is 5. The Morgan fingerprint density at radius 1 is 0.526 bits per heavy atom. The number of aryl methyl sites for hydroxylation is 2. The Hall–Kier alpha value is -3.48. The molecule has 0 heterocycles. The van der Waals surface area contributed by atoms with Gasteiger partial charge in [-0.2, -0.15) is 0 Å². The van der Waals surface area contributed by atoms with Crippen molar-refractivity contribution in [3.8, 4) is 0 Å². The van der Waals surface area contributed by atoms with Crippen LogP contribution in [-0.2, 0) is 22.7 Å². The number of ketones is 2. The van der Waals surface area contributed by atoms with Crippen LogP contribution in [0.1, 0.15) is 57.5 Å². The van der Waals surface area contributed by atoms with Crippen LogP contribution in [0.4, 0.5) is 0 Å². The molecule has 0 spiro atoms. The van der Waals surface area contributed by atoms with Gasteiger partial charge in [-0.25, -0.2) is 8.42 Å². The SMILES string of the molecule is O=C1CCCc2ccc(S(=O)(=O)c3ccccc3)cc21.O=C1CCCc2ccc(Sc3ccccc3)cc21. The molecule has 6 rings (SSSR count). The summed E-state index contributed by atoms with van der Waals surface area (Å²) in [5, 5.41) is 0. The number of Topliss-reactive ketones (excluding diaryl/α,β-unsaturated/α-hetero) is 2. The first-order valence-corrected chi connectivity index (χ1v) is 15.1. The Labute approximate surface area is 228 Å². The first kappa shape index (κ1) is 26.1. The number of hydrogen-bond donors (Lipinski definition) is 0. The van der Waals surface area contributed by atoms with Gasteiger partial charge in [-0.05, 0) is 85.3 Å². The lowest BCUT2D eigenvalue weighted by molar-refractivity contribution is 0.0964.